The number of nitrogens with zero attached hydrogens (tertiary/aromatic N) is 1. The molecular formula is C14H17BrN2O4. The highest BCUT2D eigenvalue weighted by Crippen LogP contribution is 2.21. The average Bonchev–Trinajstić information content (AvgIpc) is 2.42. The maximum atomic E-state index is 12.2. The third kappa shape index (κ3) is 4.44. The molecule has 2 N–H and O–H groups in total. The summed E-state index contributed by atoms with van der Waals surface area (Å²) in [6.07, 6.45) is -0.549. The number of amides is 2. The minimum absolute atomic E-state index is 0.0974. The van der Waals surface area contributed by atoms with Gasteiger partial charge in [0.1, 0.15) is 0 Å². The van der Waals surface area contributed by atoms with Crippen LogP contribution in [0.5, 0.6) is 0 Å². The van der Waals surface area contributed by atoms with E-state index in [-0.39, 0.29) is 19.0 Å². The van der Waals surface area contributed by atoms with E-state index in [9.17, 15) is 9.59 Å². The van der Waals surface area contributed by atoms with Crippen molar-refractivity contribution in [2.24, 2.45) is 0 Å². The van der Waals surface area contributed by atoms with Crippen LogP contribution in [0, 0.1) is 6.92 Å². The summed E-state index contributed by atoms with van der Waals surface area (Å²) >= 11 is 3.42. The zero-order chi connectivity index (χ0) is 15.4. The number of hydrogen-bond donors (Lipinski definition) is 2. The van der Waals surface area contributed by atoms with Gasteiger partial charge in [-0.2, -0.15) is 0 Å². The van der Waals surface area contributed by atoms with Crippen LogP contribution in [0.25, 0.3) is 0 Å². The van der Waals surface area contributed by atoms with Crippen LogP contribution in [0.1, 0.15) is 12.0 Å². The fourth-order valence-corrected chi connectivity index (χ4v) is 2.47. The molecule has 1 aromatic rings. The summed E-state index contributed by atoms with van der Waals surface area (Å²) in [4.78, 5) is 24.5. The van der Waals surface area contributed by atoms with Crippen LogP contribution in [-0.4, -0.2) is 47.8 Å². The van der Waals surface area contributed by atoms with Crippen LogP contribution in [-0.2, 0) is 9.53 Å². The molecule has 21 heavy (non-hydrogen) atoms. The largest absolute Gasteiger partial charge is 0.481 e. The standard InChI is InChI=1S/C14H17BrN2O4/c1-9-2-3-10(6-12(9)15)16-14(20)17-4-5-21-11(8-17)7-13(18)19/h2-3,6,11H,4-5,7-8H2,1H3,(H,16,20)(H,18,19). The number of ether oxygens (including phenoxy) is 1. The molecule has 0 bridgehead atoms. The van der Waals surface area contributed by atoms with Crippen molar-refractivity contribution in [1.29, 1.82) is 0 Å². The second-order valence-corrected chi connectivity index (χ2v) is 5.79. The maximum Gasteiger partial charge on any atom is 0.322 e. The van der Waals surface area contributed by atoms with Crippen LogP contribution in [0.2, 0.25) is 0 Å². The predicted molar refractivity (Wildman–Crippen MR) is 81.5 cm³/mol. The molecule has 0 saturated carbocycles. The van der Waals surface area contributed by atoms with Crippen molar-refractivity contribution in [2.75, 3.05) is 25.0 Å². The summed E-state index contributed by atoms with van der Waals surface area (Å²) in [5, 5.41) is 11.6. The summed E-state index contributed by atoms with van der Waals surface area (Å²) in [6, 6.07) is 5.33. The number of carboxylic acids is 1. The van der Waals surface area contributed by atoms with Crippen LogP contribution in [0.3, 0.4) is 0 Å². The van der Waals surface area contributed by atoms with Crippen molar-refractivity contribution < 1.29 is 19.4 Å². The van der Waals surface area contributed by atoms with Gasteiger partial charge in [-0.3, -0.25) is 4.79 Å². The van der Waals surface area contributed by atoms with E-state index in [0.29, 0.717) is 18.8 Å². The fraction of sp³-hybridized carbons (Fsp3) is 0.429. The molecular weight excluding hydrogens is 340 g/mol. The molecule has 1 unspecified atom stereocenters. The van der Waals surface area contributed by atoms with Crippen molar-refractivity contribution >= 4 is 33.6 Å². The van der Waals surface area contributed by atoms with Gasteiger partial charge < -0.3 is 20.1 Å². The Labute approximate surface area is 131 Å². The lowest BCUT2D eigenvalue weighted by Gasteiger charge is -2.32. The lowest BCUT2D eigenvalue weighted by atomic mass is 10.2. The second-order valence-electron chi connectivity index (χ2n) is 4.93. The molecule has 0 radical (unpaired) electrons. The topological polar surface area (TPSA) is 78.9 Å². The monoisotopic (exact) mass is 356 g/mol. The molecule has 1 saturated heterocycles. The Balaban J connectivity index is 1.96. The van der Waals surface area contributed by atoms with E-state index in [1.807, 2.05) is 25.1 Å². The van der Waals surface area contributed by atoms with Crippen LogP contribution < -0.4 is 5.32 Å². The van der Waals surface area contributed by atoms with Gasteiger partial charge in [0.25, 0.3) is 0 Å². The Bertz CT molecular complexity index is 550. The van der Waals surface area contributed by atoms with Gasteiger partial charge in [0.05, 0.1) is 19.1 Å². The average molecular weight is 357 g/mol. The molecule has 0 spiro atoms. The zero-order valence-corrected chi connectivity index (χ0v) is 13.2. The molecule has 7 heteroatoms. The molecule has 1 atom stereocenters. The number of aryl methyl sites for hydroxylation is 1. The van der Waals surface area contributed by atoms with E-state index in [1.165, 1.54) is 0 Å². The van der Waals surface area contributed by atoms with E-state index in [1.54, 1.807) is 4.90 Å². The van der Waals surface area contributed by atoms with Gasteiger partial charge in [-0.05, 0) is 24.6 Å². The normalized spacial score (nSPS) is 18.4. The Morgan fingerprint density at radius 1 is 1.52 bits per heavy atom. The van der Waals surface area contributed by atoms with Gasteiger partial charge >= 0.3 is 12.0 Å². The highest BCUT2D eigenvalue weighted by atomic mass is 79.9. The number of benzene rings is 1. The molecule has 2 rings (SSSR count). The quantitative estimate of drug-likeness (QED) is 0.871. The predicted octanol–water partition coefficient (Wildman–Crippen LogP) is 2.46. The molecule has 2 amide bonds. The number of carbonyl (C=O) groups excluding carboxylic acids is 1. The van der Waals surface area contributed by atoms with E-state index >= 15 is 0 Å². The Hall–Kier alpha value is -1.60. The van der Waals surface area contributed by atoms with Crippen molar-refractivity contribution in [1.82, 2.24) is 4.90 Å². The first-order valence-corrected chi connectivity index (χ1v) is 7.40. The number of anilines is 1. The third-order valence-electron chi connectivity index (χ3n) is 3.25. The lowest BCUT2D eigenvalue weighted by Crippen LogP contribution is -2.47. The van der Waals surface area contributed by atoms with Crippen LogP contribution in [0.4, 0.5) is 10.5 Å². The molecule has 1 aliphatic rings. The molecule has 1 aliphatic heterocycles. The zero-order valence-electron chi connectivity index (χ0n) is 11.6. The summed E-state index contributed by atoms with van der Waals surface area (Å²) in [6.45, 7) is 3.05. The van der Waals surface area contributed by atoms with Gasteiger partial charge in [0, 0.05) is 23.2 Å². The minimum atomic E-state index is -0.926. The first-order valence-electron chi connectivity index (χ1n) is 6.61. The van der Waals surface area contributed by atoms with Crippen molar-refractivity contribution in [2.45, 2.75) is 19.4 Å². The molecule has 0 aromatic heterocycles. The third-order valence-corrected chi connectivity index (χ3v) is 4.11. The number of hydrogen-bond acceptors (Lipinski definition) is 3. The van der Waals surface area contributed by atoms with E-state index < -0.39 is 12.1 Å². The first-order chi connectivity index (χ1) is 9.95. The number of nitrogens with one attached hydrogen (secondary N) is 1. The van der Waals surface area contributed by atoms with Crippen LogP contribution in [0.15, 0.2) is 22.7 Å². The second kappa shape index (κ2) is 6.91. The van der Waals surface area contributed by atoms with E-state index in [4.69, 9.17) is 9.84 Å². The summed E-state index contributed by atoms with van der Waals surface area (Å²) in [7, 11) is 0. The summed E-state index contributed by atoms with van der Waals surface area (Å²) in [5.74, 6) is -0.926. The van der Waals surface area contributed by atoms with Gasteiger partial charge in [0.15, 0.2) is 0 Å². The number of morpholine rings is 1. The van der Waals surface area contributed by atoms with E-state index in [2.05, 4.69) is 21.2 Å². The highest BCUT2D eigenvalue weighted by molar-refractivity contribution is 9.10. The number of carbonyl (C=O) groups is 2. The molecule has 6 nitrogen and oxygen atoms in total. The number of rotatable bonds is 3. The SMILES string of the molecule is Cc1ccc(NC(=O)N2CCOC(CC(=O)O)C2)cc1Br. The molecule has 1 aromatic carbocycles. The van der Waals surface area contributed by atoms with Crippen molar-refractivity contribution in [3.05, 3.63) is 28.2 Å². The molecule has 1 heterocycles. The fourth-order valence-electron chi connectivity index (χ4n) is 2.10. The smallest absolute Gasteiger partial charge is 0.322 e. The van der Waals surface area contributed by atoms with Crippen molar-refractivity contribution in [3.63, 3.8) is 0 Å². The first kappa shape index (κ1) is 15.8. The number of aliphatic carboxylic acids is 1. The summed E-state index contributed by atoms with van der Waals surface area (Å²) < 4.78 is 6.27. The number of halogens is 1. The Kier molecular flexibility index (Phi) is 5.19. The van der Waals surface area contributed by atoms with Gasteiger partial charge in [-0.15, -0.1) is 0 Å². The molecule has 114 valence electrons. The van der Waals surface area contributed by atoms with Crippen LogP contribution >= 0.6 is 15.9 Å². The number of urea groups is 1. The van der Waals surface area contributed by atoms with E-state index in [0.717, 1.165) is 10.0 Å². The number of carboxylic acid groups (broad SMARTS) is 1. The minimum Gasteiger partial charge on any atom is -0.481 e. The molecule has 0 aliphatic carbocycles. The van der Waals surface area contributed by atoms with Crippen molar-refractivity contribution in [3.8, 4) is 0 Å². The summed E-state index contributed by atoms with van der Waals surface area (Å²) in [5.41, 5.74) is 1.78. The van der Waals surface area contributed by atoms with Gasteiger partial charge in [-0.1, -0.05) is 22.0 Å². The van der Waals surface area contributed by atoms with Gasteiger partial charge in [0.2, 0.25) is 0 Å². The Morgan fingerprint density at radius 3 is 2.95 bits per heavy atom. The Morgan fingerprint density at radius 2 is 2.29 bits per heavy atom. The van der Waals surface area contributed by atoms with Gasteiger partial charge in [-0.25, -0.2) is 4.79 Å². The highest BCUT2D eigenvalue weighted by Gasteiger charge is 2.25. The molecule has 1 fully saturated rings. The lowest BCUT2D eigenvalue weighted by molar-refractivity contribution is -0.141. The maximum absolute atomic E-state index is 12.2.